The van der Waals surface area contributed by atoms with Gasteiger partial charge >= 0.3 is 0 Å². The van der Waals surface area contributed by atoms with Crippen molar-refractivity contribution in [2.24, 2.45) is 5.10 Å². The summed E-state index contributed by atoms with van der Waals surface area (Å²) in [5.41, 5.74) is 7.28. The highest BCUT2D eigenvalue weighted by Gasteiger charge is 2.19. The molecule has 3 atom stereocenters. The number of aliphatic hydroxyl groups excluding tert-OH is 3. The summed E-state index contributed by atoms with van der Waals surface area (Å²) >= 11 is 0. The van der Waals surface area contributed by atoms with Crippen LogP contribution in [-0.2, 0) is 6.54 Å². The zero-order chi connectivity index (χ0) is 35.3. The molecule has 264 valence electrons. The molecule has 0 spiro atoms. The highest BCUT2D eigenvalue weighted by molar-refractivity contribution is 6.09. The number of piperidine rings is 1. The molecule has 49 heavy (non-hydrogen) atoms. The summed E-state index contributed by atoms with van der Waals surface area (Å²) in [5, 5.41) is 37.5. The molecule has 0 saturated carbocycles. The number of carbonyl (C=O) groups excluding carboxylic acids is 2. The zero-order valence-electron chi connectivity index (χ0n) is 29.1. The van der Waals surface area contributed by atoms with Crippen molar-refractivity contribution in [3.05, 3.63) is 94.0 Å². The van der Waals surface area contributed by atoms with Crippen LogP contribution in [0, 0.1) is 13.8 Å². The molecule has 4 rings (SSSR count). The van der Waals surface area contributed by atoms with Crippen molar-refractivity contribution >= 4 is 23.7 Å². The van der Waals surface area contributed by atoms with Gasteiger partial charge in [0.25, 0.3) is 11.8 Å². The number of hydrazone groups is 1. The second kappa shape index (κ2) is 18.6. The monoisotopic (exact) mass is 673 g/mol. The molecule has 0 aliphatic carbocycles. The lowest BCUT2D eigenvalue weighted by Crippen LogP contribution is -2.38. The first-order valence-electron chi connectivity index (χ1n) is 17.0. The van der Waals surface area contributed by atoms with Gasteiger partial charge in [0.05, 0.1) is 29.7 Å². The maximum Gasteiger partial charge on any atom is 0.273 e. The van der Waals surface area contributed by atoms with E-state index in [9.17, 15) is 24.9 Å². The zero-order valence-corrected chi connectivity index (χ0v) is 29.1. The summed E-state index contributed by atoms with van der Waals surface area (Å²) in [5.74, 6) is -0.592. The molecule has 3 unspecified atom stereocenters. The van der Waals surface area contributed by atoms with Gasteiger partial charge in [0.15, 0.2) is 0 Å². The molecule has 0 radical (unpaired) electrons. The second-order valence-corrected chi connectivity index (χ2v) is 13.1. The number of benzene rings is 3. The first kappa shape index (κ1) is 37.7. The Kier molecular flexibility index (Phi) is 14.3. The maximum atomic E-state index is 13.5. The Labute approximate surface area is 289 Å². The topological polar surface area (TPSA) is 147 Å². The van der Waals surface area contributed by atoms with Crippen LogP contribution in [0.3, 0.4) is 0 Å². The number of anilines is 1. The van der Waals surface area contributed by atoms with Crippen molar-refractivity contribution in [3.8, 4) is 5.75 Å². The summed E-state index contributed by atoms with van der Waals surface area (Å²) in [4.78, 5) is 31.1. The fourth-order valence-corrected chi connectivity index (χ4v) is 5.88. The lowest BCUT2D eigenvalue weighted by atomic mass is 10.1. The number of amides is 2. The molecule has 5 N–H and O–H groups in total. The molecule has 0 bridgehead atoms. The third-order valence-corrected chi connectivity index (χ3v) is 8.39. The average Bonchev–Trinajstić information content (AvgIpc) is 3.05. The number of carbonyl (C=O) groups is 2. The van der Waals surface area contributed by atoms with E-state index < -0.39 is 30.1 Å². The number of β-amino-alcohol motifs (C(OH)–C–C–N with tert-alkyl or cyclic N) is 1. The van der Waals surface area contributed by atoms with Crippen molar-refractivity contribution in [3.63, 3.8) is 0 Å². The van der Waals surface area contributed by atoms with E-state index in [1.165, 1.54) is 12.5 Å². The first-order chi connectivity index (χ1) is 23.5. The van der Waals surface area contributed by atoms with Gasteiger partial charge in [-0.3, -0.25) is 14.5 Å². The minimum absolute atomic E-state index is 0.0577. The number of rotatable bonds is 16. The molecule has 3 aromatic rings. The predicted molar refractivity (Wildman–Crippen MR) is 192 cm³/mol. The third-order valence-electron chi connectivity index (χ3n) is 8.39. The van der Waals surface area contributed by atoms with Crippen molar-refractivity contribution < 1.29 is 29.6 Å². The van der Waals surface area contributed by atoms with Crippen molar-refractivity contribution in [2.45, 2.75) is 71.8 Å². The van der Waals surface area contributed by atoms with Gasteiger partial charge in [-0.15, -0.1) is 0 Å². The van der Waals surface area contributed by atoms with Crippen LogP contribution in [0.15, 0.2) is 65.8 Å². The van der Waals surface area contributed by atoms with Gasteiger partial charge in [-0.25, -0.2) is 5.43 Å². The van der Waals surface area contributed by atoms with E-state index in [1.807, 2.05) is 43.0 Å². The SMILES string of the molecule is Cc1ccc(/C=N/NC(=O)c2cc(OCC(O)CN3CCCCC3)ccc2NC(=O)c2cccc(CN(CC(C)O)CC(C)O)c2)cc1C. The van der Waals surface area contributed by atoms with Gasteiger partial charge in [-0.1, -0.05) is 36.8 Å². The normalized spacial score (nSPS) is 15.6. The molecule has 2 amide bonds. The molecule has 0 aromatic heterocycles. The van der Waals surface area contributed by atoms with Gasteiger partial charge in [-0.2, -0.15) is 5.10 Å². The Morgan fingerprint density at radius 3 is 2.35 bits per heavy atom. The van der Waals surface area contributed by atoms with Gasteiger partial charge in [-0.05, 0) is 106 Å². The lowest BCUT2D eigenvalue weighted by Gasteiger charge is -2.28. The van der Waals surface area contributed by atoms with Crippen molar-refractivity contribution in [1.29, 1.82) is 0 Å². The number of aryl methyl sites for hydroxylation is 2. The van der Waals surface area contributed by atoms with E-state index in [1.54, 1.807) is 50.4 Å². The molecular weight excluding hydrogens is 622 g/mol. The summed E-state index contributed by atoms with van der Waals surface area (Å²) in [6, 6.07) is 17.7. The molecule has 1 saturated heterocycles. The smallest absolute Gasteiger partial charge is 0.273 e. The number of nitrogens with zero attached hydrogens (tertiary/aromatic N) is 3. The van der Waals surface area contributed by atoms with Crippen LogP contribution in [-0.4, -0.2) is 101 Å². The summed E-state index contributed by atoms with van der Waals surface area (Å²) in [7, 11) is 0. The maximum absolute atomic E-state index is 13.5. The molecule has 1 fully saturated rings. The predicted octanol–water partition coefficient (Wildman–Crippen LogP) is 4.11. The average molecular weight is 674 g/mol. The quantitative estimate of drug-likeness (QED) is 0.113. The Bertz CT molecular complexity index is 1560. The van der Waals surface area contributed by atoms with Gasteiger partial charge in [0.2, 0.25) is 0 Å². The van der Waals surface area contributed by atoms with Crippen molar-refractivity contribution in [2.75, 3.05) is 44.6 Å². The minimum Gasteiger partial charge on any atom is -0.491 e. The van der Waals surface area contributed by atoms with E-state index >= 15 is 0 Å². The fourth-order valence-electron chi connectivity index (χ4n) is 5.88. The Balaban J connectivity index is 1.50. The molecule has 11 heteroatoms. The van der Waals surface area contributed by atoms with Gasteiger partial charge in [0, 0.05) is 31.7 Å². The van der Waals surface area contributed by atoms with Crippen molar-refractivity contribution in [1.82, 2.24) is 15.2 Å². The van der Waals surface area contributed by atoms with Crippen LogP contribution >= 0.6 is 0 Å². The number of hydrogen-bond acceptors (Lipinski definition) is 9. The molecular formula is C38H51N5O6. The van der Waals surface area contributed by atoms with E-state index in [2.05, 4.69) is 20.7 Å². The summed E-state index contributed by atoms with van der Waals surface area (Å²) in [6.45, 7) is 11.1. The third kappa shape index (κ3) is 12.4. The fraction of sp³-hybridized carbons (Fsp3) is 0.447. The van der Waals surface area contributed by atoms with Gasteiger partial charge < -0.3 is 30.3 Å². The van der Waals surface area contributed by atoms with Crippen LogP contribution in [0.25, 0.3) is 0 Å². The van der Waals surface area contributed by atoms with Crippen LogP contribution in [0.5, 0.6) is 5.75 Å². The number of hydrogen-bond donors (Lipinski definition) is 5. The standard InChI is InChI=1S/C38H51N5O6/c1-26-11-12-30(17-27(26)2)20-39-41-38(48)35-19-34(49-25-33(46)24-42-15-6-5-7-16-42)13-14-36(35)40-37(47)32-10-8-9-31(18-32)23-43(21-28(3)44)22-29(4)45/h8-14,17-20,28-29,33,44-46H,5-7,15-16,21-25H2,1-4H3,(H,40,47)(H,41,48)/b39-20+. The first-order valence-corrected chi connectivity index (χ1v) is 17.0. The van der Waals surface area contributed by atoms with E-state index in [0.29, 0.717) is 37.5 Å². The highest BCUT2D eigenvalue weighted by atomic mass is 16.5. The Hall–Kier alpha value is -4.13. The van der Waals surface area contributed by atoms with E-state index in [-0.39, 0.29) is 17.9 Å². The number of likely N-dealkylation sites (tertiary alicyclic amines) is 1. The summed E-state index contributed by atoms with van der Waals surface area (Å²) < 4.78 is 5.90. The number of ether oxygens (including phenoxy) is 1. The Morgan fingerprint density at radius 2 is 1.65 bits per heavy atom. The molecule has 1 aliphatic heterocycles. The number of nitrogens with one attached hydrogen (secondary N) is 2. The number of aliphatic hydroxyl groups is 3. The molecule has 1 aliphatic rings. The Morgan fingerprint density at radius 1 is 0.918 bits per heavy atom. The van der Waals surface area contributed by atoms with Crippen LogP contribution < -0.4 is 15.5 Å². The van der Waals surface area contributed by atoms with Crippen LogP contribution in [0.2, 0.25) is 0 Å². The highest BCUT2D eigenvalue weighted by Crippen LogP contribution is 2.24. The molecule has 3 aromatic carbocycles. The van der Waals surface area contributed by atoms with Gasteiger partial charge in [0.1, 0.15) is 18.5 Å². The molecule has 1 heterocycles. The van der Waals surface area contributed by atoms with Crippen LogP contribution in [0.4, 0.5) is 5.69 Å². The second-order valence-electron chi connectivity index (χ2n) is 13.1. The minimum atomic E-state index is -0.693. The largest absolute Gasteiger partial charge is 0.491 e. The lowest BCUT2D eigenvalue weighted by molar-refractivity contribution is 0.0617. The summed E-state index contributed by atoms with van der Waals surface area (Å²) in [6.07, 6.45) is 3.17. The van der Waals surface area contributed by atoms with E-state index in [0.717, 1.165) is 48.2 Å². The van der Waals surface area contributed by atoms with E-state index in [4.69, 9.17) is 4.74 Å². The molecule has 11 nitrogen and oxygen atoms in total. The van der Waals surface area contributed by atoms with Crippen LogP contribution in [0.1, 0.15) is 76.1 Å².